The zero-order valence-electron chi connectivity index (χ0n) is 21.0. The van der Waals surface area contributed by atoms with Crippen molar-refractivity contribution < 1.29 is 27.8 Å². The minimum atomic E-state index is -0.901. The second-order valence-electron chi connectivity index (χ2n) is 9.85. The van der Waals surface area contributed by atoms with Gasteiger partial charge >= 0.3 is 6.09 Å². The zero-order valence-corrected chi connectivity index (χ0v) is 21.0. The van der Waals surface area contributed by atoms with Crippen molar-refractivity contribution in [2.45, 2.75) is 45.9 Å². The molecule has 1 aliphatic rings. The lowest BCUT2D eigenvalue weighted by molar-refractivity contribution is -0.0468. The largest absolute Gasteiger partial charge is 0.444 e. The summed E-state index contributed by atoms with van der Waals surface area (Å²) in [5.74, 6) is -2.32. The third-order valence-corrected chi connectivity index (χ3v) is 5.84. The maximum absolute atomic E-state index is 15.2. The molecule has 1 N–H and O–H groups in total. The van der Waals surface area contributed by atoms with Gasteiger partial charge in [0.2, 0.25) is 0 Å². The lowest BCUT2D eigenvalue weighted by atomic mass is 10.1. The second-order valence-corrected chi connectivity index (χ2v) is 9.85. The number of nitrogens with zero attached hydrogens (tertiary/aromatic N) is 3. The molecule has 1 saturated heterocycles. The highest BCUT2D eigenvalue weighted by Crippen LogP contribution is 2.31. The van der Waals surface area contributed by atoms with Crippen LogP contribution in [0.15, 0.2) is 30.3 Å². The average molecular weight is 501 g/mol. The highest BCUT2D eigenvalue weighted by Gasteiger charge is 2.30. The van der Waals surface area contributed by atoms with Gasteiger partial charge in [0.15, 0.2) is 0 Å². The van der Waals surface area contributed by atoms with Crippen LogP contribution in [0.5, 0.6) is 0 Å². The summed E-state index contributed by atoms with van der Waals surface area (Å²) in [6.07, 6.45) is -0.899. The lowest BCUT2D eigenvalue weighted by Crippen LogP contribution is -2.48. The van der Waals surface area contributed by atoms with Crippen LogP contribution in [-0.2, 0) is 16.0 Å². The first-order valence-electron chi connectivity index (χ1n) is 11.7. The van der Waals surface area contributed by atoms with Crippen LogP contribution in [0.4, 0.5) is 13.6 Å². The second kappa shape index (κ2) is 9.85. The van der Waals surface area contributed by atoms with Crippen molar-refractivity contribution in [3.63, 3.8) is 0 Å². The van der Waals surface area contributed by atoms with Crippen LogP contribution in [-0.4, -0.2) is 64.9 Å². The fourth-order valence-electron chi connectivity index (χ4n) is 4.20. The van der Waals surface area contributed by atoms with Crippen LogP contribution in [0.2, 0.25) is 0 Å². The fraction of sp³-hybridized carbons (Fsp3) is 0.423. The predicted molar refractivity (Wildman–Crippen MR) is 131 cm³/mol. The number of imidazole rings is 1. The van der Waals surface area contributed by atoms with Crippen molar-refractivity contribution >= 4 is 23.0 Å². The molecule has 0 aliphatic carbocycles. The monoisotopic (exact) mass is 500 g/mol. The smallest absolute Gasteiger partial charge is 0.410 e. The lowest BCUT2D eigenvalue weighted by Gasteiger charge is -2.34. The first-order chi connectivity index (χ1) is 17.0. The summed E-state index contributed by atoms with van der Waals surface area (Å²) < 4.78 is 43.5. The Morgan fingerprint density at radius 1 is 1.19 bits per heavy atom. The molecule has 2 amide bonds. The van der Waals surface area contributed by atoms with Crippen molar-refractivity contribution in [2.75, 3.05) is 26.7 Å². The number of aryl methyl sites for hydroxylation is 1. The van der Waals surface area contributed by atoms with E-state index < -0.39 is 35.3 Å². The Labute approximate surface area is 208 Å². The van der Waals surface area contributed by atoms with E-state index in [1.54, 1.807) is 30.2 Å². The van der Waals surface area contributed by atoms with Gasteiger partial charge in [-0.1, -0.05) is 6.07 Å². The minimum absolute atomic E-state index is 0.0760. The molecule has 2 heterocycles. The quantitative estimate of drug-likeness (QED) is 0.578. The topological polar surface area (TPSA) is 85.7 Å². The van der Waals surface area contributed by atoms with E-state index in [9.17, 15) is 9.59 Å². The van der Waals surface area contributed by atoms with Crippen molar-refractivity contribution in [1.82, 2.24) is 19.8 Å². The molecular weight excluding hydrogens is 470 g/mol. The third kappa shape index (κ3) is 5.33. The number of carbonyl (C=O) groups excluding carboxylic acids is 2. The Bertz CT molecular complexity index is 1290. The molecule has 1 aliphatic heterocycles. The van der Waals surface area contributed by atoms with E-state index in [0.717, 1.165) is 17.7 Å². The average Bonchev–Trinajstić information content (AvgIpc) is 3.13. The maximum Gasteiger partial charge on any atom is 0.410 e. The normalized spacial score (nSPS) is 16.3. The van der Waals surface area contributed by atoms with Gasteiger partial charge in [0.25, 0.3) is 5.91 Å². The van der Waals surface area contributed by atoms with Gasteiger partial charge in [-0.05, 0) is 57.5 Å². The molecule has 1 unspecified atom stereocenters. The standard InChI is InChI=1S/C26H30F2N4O4/c1-15-6-7-21-20(10-15)30-23(22-18(27)11-16(12-19(22)28)24(33)29-5)32(21)14-17-13-31(8-9-35-17)25(34)36-26(2,3)4/h6-7,10-12,17H,8-9,13-14H2,1-5H3,(H,29,33). The summed E-state index contributed by atoms with van der Waals surface area (Å²) in [4.78, 5) is 30.6. The van der Waals surface area contributed by atoms with Crippen LogP contribution in [0.3, 0.4) is 0 Å². The van der Waals surface area contributed by atoms with Gasteiger partial charge in [0.1, 0.15) is 23.1 Å². The Morgan fingerprint density at radius 2 is 1.89 bits per heavy atom. The SMILES string of the molecule is CNC(=O)c1cc(F)c(-c2nc3cc(C)ccc3n2CC2CN(C(=O)OC(C)(C)C)CCO2)c(F)c1. The number of hydrogen-bond donors (Lipinski definition) is 1. The molecule has 4 rings (SSSR count). The van der Waals surface area contributed by atoms with Gasteiger partial charge < -0.3 is 24.3 Å². The minimum Gasteiger partial charge on any atom is -0.444 e. The van der Waals surface area contributed by atoms with Crippen LogP contribution >= 0.6 is 0 Å². The van der Waals surface area contributed by atoms with E-state index in [2.05, 4.69) is 10.3 Å². The maximum atomic E-state index is 15.2. The third-order valence-electron chi connectivity index (χ3n) is 5.84. The zero-order chi connectivity index (χ0) is 26.2. The van der Waals surface area contributed by atoms with Crippen molar-refractivity contribution in [2.24, 2.45) is 0 Å². The van der Waals surface area contributed by atoms with E-state index in [0.29, 0.717) is 24.2 Å². The number of carbonyl (C=O) groups is 2. The number of benzene rings is 2. The molecule has 0 bridgehead atoms. The fourth-order valence-corrected chi connectivity index (χ4v) is 4.20. The molecule has 192 valence electrons. The summed E-state index contributed by atoms with van der Waals surface area (Å²) in [7, 11) is 1.39. The number of amides is 2. The Hall–Kier alpha value is -3.53. The van der Waals surface area contributed by atoms with Crippen molar-refractivity contribution in [3.8, 4) is 11.4 Å². The summed E-state index contributed by atoms with van der Waals surface area (Å²) in [5.41, 5.74) is 1.09. The molecule has 3 aromatic rings. The molecule has 8 nitrogen and oxygen atoms in total. The van der Waals surface area contributed by atoms with Gasteiger partial charge in [-0.2, -0.15) is 0 Å². The van der Waals surface area contributed by atoms with E-state index in [1.807, 2.05) is 25.1 Å². The number of aromatic nitrogens is 2. The van der Waals surface area contributed by atoms with Gasteiger partial charge in [-0.25, -0.2) is 18.6 Å². The number of ether oxygens (including phenoxy) is 2. The Balaban J connectivity index is 1.72. The number of hydrogen-bond acceptors (Lipinski definition) is 5. The van der Waals surface area contributed by atoms with Crippen LogP contribution < -0.4 is 5.32 Å². The van der Waals surface area contributed by atoms with Gasteiger partial charge in [0.05, 0.1) is 42.4 Å². The molecule has 0 radical (unpaired) electrons. The molecule has 1 fully saturated rings. The van der Waals surface area contributed by atoms with E-state index in [-0.39, 0.29) is 30.0 Å². The van der Waals surface area contributed by atoms with Crippen LogP contribution in [0.25, 0.3) is 22.4 Å². The summed E-state index contributed by atoms with van der Waals surface area (Å²) in [6, 6.07) is 7.55. The molecule has 1 aromatic heterocycles. The van der Waals surface area contributed by atoms with Gasteiger partial charge in [-0.3, -0.25) is 4.79 Å². The molecule has 10 heteroatoms. The van der Waals surface area contributed by atoms with Crippen molar-refractivity contribution in [3.05, 3.63) is 53.1 Å². The molecule has 2 aromatic carbocycles. The molecule has 0 saturated carbocycles. The first-order valence-corrected chi connectivity index (χ1v) is 11.7. The predicted octanol–water partition coefficient (Wildman–Crippen LogP) is 4.29. The van der Waals surface area contributed by atoms with E-state index >= 15 is 8.78 Å². The van der Waals surface area contributed by atoms with Crippen LogP contribution in [0.1, 0.15) is 36.7 Å². The van der Waals surface area contributed by atoms with E-state index in [1.165, 1.54) is 7.05 Å². The van der Waals surface area contributed by atoms with Gasteiger partial charge in [-0.15, -0.1) is 0 Å². The number of fused-ring (bicyclic) bond motifs is 1. The summed E-state index contributed by atoms with van der Waals surface area (Å²) in [6.45, 7) is 8.43. The number of rotatable bonds is 4. The number of halogens is 2. The highest BCUT2D eigenvalue weighted by molar-refractivity contribution is 5.94. The molecule has 0 spiro atoms. The summed E-state index contributed by atoms with van der Waals surface area (Å²) >= 11 is 0. The van der Waals surface area contributed by atoms with Crippen molar-refractivity contribution in [1.29, 1.82) is 0 Å². The molecule has 36 heavy (non-hydrogen) atoms. The molecular formula is C26H30F2N4O4. The van der Waals surface area contributed by atoms with Crippen LogP contribution in [0, 0.1) is 18.6 Å². The first kappa shape index (κ1) is 25.6. The van der Waals surface area contributed by atoms with E-state index in [4.69, 9.17) is 9.47 Å². The molecule has 1 atom stereocenters. The Kier molecular flexibility index (Phi) is 6.99. The number of morpholine rings is 1. The Morgan fingerprint density at radius 3 is 2.53 bits per heavy atom. The number of nitrogens with one attached hydrogen (secondary N) is 1. The summed E-state index contributed by atoms with van der Waals surface area (Å²) in [5, 5.41) is 2.36. The highest BCUT2D eigenvalue weighted by atomic mass is 19.1. The van der Waals surface area contributed by atoms with Gasteiger partial charge in [0, 0.05) is 19.2 Å².